The van der Waals surface area contributed by atoms with E-state index in [9.17, 15) is 4.39 Å². The second kappa shape index (κ2) is 13.2. The Morgan fingerprint density at radius 1 is 0.818 bits per heavy atom. The number of rotatable bonds is 12. The molecule has 1 aliphatic carbocycles. The van der Waals surface area contributed by atoms with Crippen LogP contribution in [0.2, 0.25) is 0 Å². The molecule has 0 amide bonds. The Hall–Kier alpha value is -1.83. The Balaban J connectivity index is 1.55. The van der Waals surface area contributed by atoms with Crippen molar-refractivity contribution in [2.24, 2.45) is 11.8 Å². The van der Waals surface area contributed by atoms with Crippen molar-refractivity contribution in [3.63, 3.8) is 0 Å². The third-order valence-corrected chi connectivity index (χ3v) is 7.82. The van der Waals surface area contributed by atoms with E-state index >= 15 is 0 Å². The van der Waals surface area contributed by atoms with E-state index < -0.39 is 0 Å². The van der Waals surface area contributed by atoms with Gasteiger partial charge in [0.1, 0.15) is 0 Å². The van der Waals surface area contributed by atoms with Crippen LogP contribution in [0.15, 0.2) is 42.5 Å². The summed E-state index contributed by atoms with van der Waals surface area (Å²) in [7, 11) is 0. The Bertz CT molecular complexity index is 819. The van der Waals surface area contributed by atoms with Gasteiger partial charge in [0.2, 0.25) is 5.82 Å². The standard InChI is InChI=1S/C31H45FO/c1-5-7-8-9-11-24(4)33-31-21-20-29(22-30(31)32)28-18-16-27(17-19-28)26-14-12-25(13-15-26)23(3)10-6-2/h16-26H,5-15H2,1-4H3/p+1. The molecule has 0 aromatic heterocycles. The molecule has 0 spiro atoms. The van der Waals surface area contributed by atoms with Gasteiger partial charge in [-0.15, -0.1) is 0 Å². The molecule has 1 N–H and O–H groups in total. The van der Waals surface area contributed by atoms with Crippen LogP contribution < -0.4 is 0 Å². The van der Waals surface area contributed by atoms with Crippen molar-refractivity contribution < 1.29 is 9.13 Å². The molecule has 0 saturated heterocycles. The van der Waals surface area contributed by atoms with Gasteiger partial charge in [0, 0.05) is 19.4 Å². The number of aromatic hydroxyl groups is 1. The number of benzene rings is 2. The Morgan fingerprint density at radius 3 is 2.15 bits per heavy atom. The van der Waals surface area contributed by atoms with E-state index in [1.54, 1.807) is 6.07 Å². The molecule has 2 aromatic carbocycles. The minimum atomic E-state index is -0.212. The van der Waals surface area contributed by atoms with Crippen molar-refractivity contribution in [1.82, 2.24) is 0 Å². The highest BCUT2D eigenvalue weighted by Gasteiger charge is 2.25. The topological polar surface area (TPSA) is 12.8 Å². The Kier molecular flexibility index (Phi) is 10.3. The molecule has 2 atom stereocenters. The summed E-state index contributed by atoms with van der Waals surface area (Å²) >= 11 is 0. The lowest BCUT2D eigenvalue weighted by molar-refractivity contribution is -0.0136. The lowest BCUT2D eigenvalue weighted by atomic mass is 9.73. The maximum atomic E-state index is 14.8. The van der Waals surface area contributed by atoms with E-state index in [4.69, 9.17) is 0 Å². The molecule has 2 unspecified atom stereocenters. The van der Waals surface area contributed by atoms with Crippen molar-refractivity contribution in [3.05, 3.63) is 53.8 Å². The van der Waals surface area contributed by atoms with Crippen LogP contribution in [0.4, 0.5) is 4.39 Å². The summed E-state index contributed by atoms with van der Waals surface area (Å²) in [5, 5.41) is 0. The maximum Gasteiger partial charge on any atom is 0.291 e. The molecule has 0 bridgehead atoms. The van der Waals surface area contributed by atoms with Crippen molar-refractivity contribution in [2.75, 3.05) is 0 Å². The van der Waals surface area contributed by atoms with Crippen LogP contribution in [0, 0.1) is 17.7 Å². The summed E-state index contributed by atoms with van der Waals surface area (Å²) < 4.78 is 19.4. The van der Waals surface area contributed by atoms with E-state index in [1.807, 2.05) is 12.1 Å². The molecule has 3 rings (SSSR count). The fraction of sp³-hybridized carbons (Fsp3) is 0.613. The number of hydrogen-bond donors (Lipinski definition) is 0. The summed E-state index contributed by atoms with van der Waals surface area (Å²) in [6, 6.07) is 14.4. The summed E-state index contributed by atoms with van der Waals surface area (Å²) in [6.45, 7) is 9.05. The molecule has 1 aliphatic rings. The first kappa shape index (κ1) is 25.8. The van der Waals surface area contributed by atoms with Crippen LogP contribution in [0.25, 0.3) is 11.1 Å². The van der Waals surface area contributed by atoms with Gasteiger partial charge in [-0.1, -0.05) is 77.1 Å². The van der Waals surface area contributed by atoms with E-state index in [1.165, 1.54) is 69.8 Å². The highest BCUT2D eigenvalue weighted by atomic mass is 19.1. The normalized spacial score (nSPS) is 20.4. The van der Waals surface area contributed by atoms with Gasteiger partial charge in [-0.25, -0.2) is 0 Å². The monoisotopic (exact) mass is 453 g/mol. The molecule has 0 heterocycles. The average molecular weight is 454 g/mol. The van der Waals surface area contributed by atoms with E-state index in [0.29, 0.717) is 11.7 Å². The van der Waals surface area contributed by atoms with Crippen LogP contribution in [-0.4, -0.2) is 10.8 Å². The molecular formula is C31H46FO+. The summed E-state index contributed by atoms with van der Waals surface area (Å²) in [5.74, 6) is 2.74. The van der Waals surface area contributed by atoms with Crippen LogP contribution >= 0.6 is 0 Å². The number of unbranched alkanes of at least 4 members (excludes halogenated alkanes) is 3. The Morgan fingerprint density at radius 2 is 1.52 bits per heavy atom. The molecule has 0 radical (unpaired) electrons. The van der Waals surface area contributed by atoms with Crippen molar-refractivity contribution >= 4 is 0 Å². The molecule has 2 aromatic rings. The SMILES string of the molecule is CCCCCCC(C)[OH+]c1ccc(-c2ccc(C3CCC(C(C)CCC)CC3)cc2)cc1F. The lowest BCUT2D eigenvalue weighted by Crippen LogP contribution is -2.19. The van der Waals surface area contributed by atoms with Crippen LogP contribution in [0.3, 0.4) is 0 Å². The van der Waals surface area contributed by atoms with E-state index in [2.05, 4.69) is 56.7 Å². The smallest absolute Gasteiger partial charge is 0.291 e. The molecule has 182 valence electrons. The minimum Gasteiger partial charge on any atom is -0.579 e. The zero-order valence-electron chi connectivity index (χ0n) is 21.5. The second-order valence-corrected chi connectivity index (χ2v) is 10.5. The van der Waals surface area contributed by atoms with Crippen molar-refractivity contribution in [2.45, 2.75) is 110 Å². The van der Waals surface area contributed by atoms with Gasteiger partial charge in [-0.05, 0) is 78.7 Å². The highest BCUT2D eigenvalue weighted by molar-refractivity contribution is 5.64. The van der Waals surface area contributed by atoms with Gasteiger partial charge in [-0.2, -0.15) is 4.39 Å². The Labute approximate surface area is 202 Å². The predicted octanol–water partition coefficient (Wildman–Crippen LogP) is 9.80. The highest BCUT2D eigenvalue weighted by Crippen LogP contribution is 2.40. The lowest BCUT2D eigenvalue weighted by Gasteiger charge is -2.32. The van der Waals surface area contributed by atoms with Gasteiger partial charge < -0.3 is 4.74 Å². The third kappa shape index (κ3) is 7.59. The zero-order chi connectivity index (χ0) is 23.6. The van der Waals surface area contributed by atoms with Gasteiger partial charge in [0.05, 0.1) is 0 Å². The maximum absolute atomic E-state index is 14.8. The summed E-state index contributed by atoms with van der Waals surface area (Å²) in [4.78, 5) is 0. The minimum absolute atomic E-state index is 0.168. The molecule has 1 saturated carbocycles. The predicted molar refractivity (Wildman–Crippen MR) is 140 cm³/mol. The van der Waals surface area contributed by atoms with Gasteiger partial charge in [0.15, 0.2) is 6.10 Å². The van der Waals surface area contributed by atoms with Gasteiger partial charge in [0.25, 0.3) is 5.75 Å². The molecule has 1 nitrogen and oxygen atoms in total. The molecule has 33 heavy (non-hydrogen) atoms. The average Bonchev–Trinajstić information content (AvgIpc) is 2.83. The quantitative estimate of drug-likeness (QED) is 0.224. The van der Waals surface area contributed by atoms with E-state index in [-0.39, 0.29) is 11.9 Å². The fourth-order valence-electron chi connectivity index (χ4n) is 5.62. The van der Waals surface area contributed by atoms with Gasteiger partial charge in [-0.3, -0.25) is 0 Å². The van der Waals surface area contributed by atoms with E-state index in [0.717, 1.165) is 29.4 Å². The second-order valence-electron chi connectivity index (χ2n) is 10.5. The van der Waals surface area contributed by atoms with Crippen LogP contribution in [-0.2, 0) is 0 Å². The number of aliphatic hydroxyl groups is 1. The number of ether oxygens (including phenoxy) is 1. The van der Waals surface area contributed by atoms with Crippen molar-refractivity contribution in [1.29, 1.82) is 0 Å². The van der Waals surface area contributed by atoms with Crippen LogP contribution in [0.5, 0.6) is 5.75 Å². The molecule has 2 heteroatoms. The molecule has 1 fully saturated rings. The zero-order valence-corrected chi connectivity index (χ0v) is 21.5. The molecule has 0 aliphatic heterocycles. The first-order chi connectivity index (χ1) is 16.0. The largest absolute Gasteiger partial charge is 0.579 e. The third-order valence-electron chi connectivity index (χ3n) is 7.82. The summed E-state index contributed by atoms with van der Waals surface area (Å²) in [5.41, 5.74) is 3.47. The van der Waals surface area contributed by atoms with Crippen LogP contribution in [0.1, 0.15) is 110 Å². The summed E-state index contributed by atoms with van der Waals surface area (Å²) in [6.07, 6.45) is 14.1. The fourth-order valence-corrected chi connectivity index (χ4v) is 5.62. The number of halogens is 1. The van der Waals surface area contributed by atoms with Crippen molar-refractivity contribution in [3.8, 4) is 16.9 Å². The van der Waals surface area contributed by atoms with Gasteiger partial charge >= 0.3 is 0 Å². The number of hydrogen-bond acceptors (Lipinski definition) is 0. The first-order valence-corrected chi connectivity index (χ1v) is 13.6. The molecular weight excluding hydrogens is 407 g/mol. The first-order valence-electron chi connectivity index (χ1n) is 13.6.